The van der Waals surface area contributed by atoms with Gasteiger partial charge in [0.1, 0.15) is 0 Å². The lowest BCUT2D eigenvalue weighted by atomic mass is 9.85. The zero-order valence-corrected chi connectivity index (χ0v) is 16.1. The summed E-state index contributed by atoms with van der Waals surface area (Å²) >= 11 is 0. The van der Waals surface area contributed by atoms with Crippen LogP contribution in [0.25, 0.3) is 0 Å². The Hall–Kier alpha value is -2.96. The van der Waals surface area contributed by atoms with Crippen molar-refractivity contribution in [3.63, 3.8) is 0 Å². The molecule has 148 valence electrons. The number of esters is 1. The van der Waals surface area contributed by atoms with E-state index in [9.17, 15) is 19.2 Å². The minimum absolute atomic E-state index is 0.0117. The molecule has 3 rings (SSSR count). The van der Waals surface area contributed by atoms with Crippen molar-refractivity contribution in [1.29, 1.82) is 0 Å². The Labute approximate surface area is 163 Å². The molecule has 0 unspecified atom stereocenters. The second-order valence-corrected chi connectivity index (χ2v) is 7.26. The highest BCUT2D eigenvalue weighted by Gasteiger charge is 2.46. The van der Waals surface area contributed by atoms with Crippen LogP contribution in [0, 0.1) is 25.7 Å². The third-order valence-corrected chi connectivity index (χ3v) is 5.16. The molecule has 0 aromatic heterocycles. The summed E-state index contributed by atoms with van der Waals surface area (Å²) in [6.07, 6.45) is 4.84. The Kier molecular flexibility index (Phi) is 5.92. The van der Waals surface area contributed by atoms with Crippen LogP contribution in [0.5, 0.6) is 0 Å². The van der Waals surface area contributed by atoms with Crippen LogP contribution in [0.2, 0.25) is 0 Å². The Balaban J connectivity index is 1.44. The summed E-state index contributed by atoms with van der Waals surface area (Å²) in [6, 6.07) is 5.62. The smallest absolute Gasteiger partial charge is 0.308 e. The number of hydrogen-bond donors (Lipinski definition) is 1. The number of anilines is 1. The van der Waals surface area contributed by atoms with Gasteiger partial charge in [0.15, 0.2) is 6.61 Å². The second kappa shape index (κ2) is 8.37. The van der Waals surface area contributed by atoms with E-state index in [4.69, 9.17) is 4.74 Å². The Morgan fingerprint density at radius 1 is 1.11 bits per heavy atom. The van der Waals surface area contributed by atoms with Crippen LogP contribution in [0.3, 0.4) is 0 Å². The number of likely N-dealkylation sites (tertiary alicyclic amines) is 1. The number of imide groups is 1. The molecule has 1 heterocycles. The van der Waals surface area contributed by atoms with Crippen LogP contribution in [0.4, 0.5) is 5.69 Å². The van der Waals surface area contributed by atoms with Gasteiger partial charge in [0.2, 0.25) is 11.8 Å². The summed E-state index contributed by atoms with van der Waals surface area (Å²) in [6.45, 7) is 3.42. The van der Waals surface area contributed by atoms with E-state index >= 15 is 0 Å². The fourth-order valence-electron chi connectivity index (χ4n) is 3.65. The summed E-state index contributed by atoms with van der Waals surface area (Å²) in [4.78, 5) is 49.7. The number of benzene rings is 1. The number of amides is 3. The fraction of sp³-hybridized carbons (Fsp3) is 0.429. The van der Waals surface area contributed by atoms with Gasteiger partial charge in [0.25, 0.3) is 5.91 Å². The fourth-order valence-corrected chi connectivity index (χ4v) is 3.65. The molecule has 3 amide bonds. The van der Waals surface area contributed by atoms with E-state index in [-0.39, 0.29) is 36.6 Å². The minimum Gasteiger partial charge on any atom is -0.456 e. The number of nitrogens with one attached hydrogen (secondary N) is 1. The van der Waals surface area contributed by atoms with Gasteiger partial charge >= 0.3 is 5.97 Å². The van der Waals surface area contributed by atoms with Gasteiger partial charge in [-0.3, -0.25) is 24.1 Å². The van der Waals surface area contributed by atoms with Crippen LogP contribution in [0.1, 0.15) is 30.4 Å². The molecule has 7 heteroatoms. The van der Waals surface area contributed by atoms with Gasteiger partial charge in [0.05, 0.1) is 18.3 Å². The van der Waals surface area contributed by atoms with Crippen molar-refractivity contribution in [3.05, 3.63) is 41.5 Å². The Bertz CT molecular complexity index is 819. The molecular formula is C21H24N2O5. The van der Waals surface area contributed by atoms with Gasteiger partial charge in [-0.2, -0.15) is 0 Å². The molecule has 0 spiro atoms. The number of ether oxygens (including phenoxy) is 1. The third kappa shape index (κ3) is 4.30. The number of hydrogen-bond acceptors (Lipinski definition) is 5. The first-order chi connectivity index (χ1) is 13.4. The van der Waals surface area contributed by atoms with Crippen LogP contribution in [-0.4, -0.2) is 41.7 Å². The van der Waals surface area contributed by atoms with Gasteiger partial charge in [-0.05, 0) is 38.3 Å². The average molecular weight is 384 g/mol. The monoisotopic (exact) mass is 384 g/mol. The zero-order valence-electron chi connectivity index (χ0n) is 16.1. The van der Waals surface area contributed by atoms with Gasteiger partial charge in [-0.1, -0.05) is 29.8 Å². The summed E-state index contributed by atoms with van der Waals surface area (Å²) < 4.78 is 4.98. The summed E-state index contributed by atoms with van der Waals surface area (Å²) in [5, 5.41) is 2.70. The molecular weight excluding hydrogens is 360 g/mol. The zero-order chi connectivity index (χ0) is 20.3. The molecule has 0 saturated carbocycles. The maximum atomic E-state index is 12.3. The first kappa shape index (κ1) is 19.8. The van der Waals surface area contributed by atoms with Crippen LogP contribution < -0.4 is 5.32 Å². The maximum Gasteiger partial charge on any atom is 0.308 e. The third-order valence-electron chi connectivity index (χ3n) is 5.16. The molecule has 1 fully saturated rings. The normalized spacial score (nSPS) is 20.9. The van der Waals surface area contributed by atoms with Gasteiger partial charge < -0.3 is 10.1 Å². The number of carbonyl (C=O) groups is 4. The lowest BCUT2D eigenvalue weighted by Crippen LogP contribution is -2.33. The number of aryl methyl sites for hydroxylation is 2. The Morgan fingerprint density at radius 2 is 1.75 bits per heavy atom. The molecule has 1 aliphatic heterocycles. The summed E-state index contributed by atoms with van der Waals surface area (Å²) in [5.41, 5.74) is 2.67. The molecule has 2 atom stereocenters. The van der Waals surface area contributed by atoms with Crippen molar-refractivity contribution in [1.82, 2.24) is 4.90 Å². The molecule has 2 aliphatic rings. The molecule has 1 aromatic rings. The van der Waals surface area contributed by atoms with Crippen LogP contribution in [0.15, 0.2) is 30.4 Å². The number of nitrogens with zero attached hydrogens (tertiary/aromatic N) is 1. The van der Waals surface area contributed by atoms with Crippen molar-refractivity contribution in [2.45, 2.75) is 33.1 Å². The first-order valence-corrected chi connectivity index (χ1v) is 9.39. The van der Waals surface area contributed by atoms with E-state index in [2.05, 4.69) is 5.32 Å². The van der Waals surface area contributed by atoms with Crippen molar-refractivity contribution < 1.29 is 23.9 Å². The van der Waals surface area contributed by atoms with Crippen LogP contribution in [-0.2, 0) is 23.9 Å². The average Bonchev–Trinajstić information content (AvgIpc) is 2.91. The highest BCUT2D eigenvalue weighted by atomic mass is 16.5. The highest BCUT2D eigenvalue weighted by molar-refractivity contribution is 6.05. The Morgan fingerprint density at radius 3 is 2.36 bits per heavy atom. The number of allylic oxidation sites excluding steroid dienone is 2. The lowest BCUT2D eigenvalue weighted by Gasteiger charge is -2.14. The predicted octanol–water partition coefficient (Wildman–Crippen LogP) is 2.13. The topological polar surface area (TPSA) is 92.8 Å². The van der Waals surface area contributed by atoms with Crippen molar-refractivity contribution >= 4 is 29.4 Å². The maximum absolute atomic E-state index is 12.3. The molecule has 28 heavy (non-hydrogen) atoms. The van der Waals surface area contributed by atoms with Crippen LogP contribution >= 0.6 is 0 Å². The van der Waals surface area contributed by atoms with E-state index < -0.39 is 18.5 Å². The molecule has 1 aromatic carbocycles. The van der Waals surface area contributed by atoms with E-state index in [0.717, 1.165) is 16.0 Å². The van der Waals surface area contributed by atoms with E-state index in [0.29, 0.717) is 18.5 Å². The largest absolute Gasteiger partial charge is 0.456 e. The van der Waals surface area contributed by atoms with Crippen molar-refractivity contribution in [2.75, 3.05) is 18.5 Å². The van der Waals surface area contributed by atoms with E-state index in [1.165, 1.54) is 0 Å². The first-order valence-electron chi connectivity index (χ1n) is 9.39. The van der Waals surface area contributed by atoms with Gasteiger partial charge in [-0.15, -0.1) is 0 Å². The van der Waals surface area contributed by atoms with Crippen molar-refractivity contribution in [2.24, 2.45) is 11.8 Å². The minimum atomic E-state index is -0.621. The number of carbonyl (C=O) groups excluding carboxylic acids is 4. The lowest BCUT2D eigenvalue weighted by molar-refractivity contribution is -0.148. The van der Waals surface area contributed by atoms with Gasteiger partial charge in [0, 0.05) is 12.2 Å². The standard InChI is InChI=1S/C21H24N2O5/c1-13-7-8-17(14(2)11-13)22-18(24)12-28-19(25)9-10-23-20(26)15-5-3-4-6-16(15)21(23)27/h3-4,7-8,11,15-16H,5-6,9-10,12H2,1-2H3,(H,22,24)/t15-,16-/m1/s1. The van der Waals surface area contributed by atoms with E-state index in [1.54, 1.807) is 6.07 Å². The SMILES string of the molecule is Cc1ccc(NC(=O)COC(=O)CCN2C(=O)[C@@H]3CC=CC[C@H]3C2=O)c(C)c1. The van der Waals surface area contributed by atoms with Gasteiger partial charge in [-0.25, -0.2) is 0 Å². The number of rotatable bonds is 6. The molecule has 0 radical (unpaired) electrons. The predicted molar refractivity (Wildman–Crippen MR) is 102 cm³/mol. The highest BCUT2D eigenvalue weighted by Crippen LogP contribution is 2.35. The molecule has 1 N–H and O–H groups in total. The second-order valence-electron chi connectivity index (χ2n) is 7.26. The quantitative estimate of drug-likeness (QED) is 0.461. The van der Waals surface area contributed by atoms with E-state index in [1.807, 2.05) is 38.1 Å². The summed E-state index contributed by atoms with van der Waals surface area (Å²) in [7, 11) is 0. The number of fused-ring (bicyclic) bond motifs is 1. The van der Waals surface area contributed by atoms with Crippen molar-refractivity contribution in [3.8, 4) is 0 Å². The molecule has 1 saturated heterocycles. The molecule has 0 bridgehead atoms. The molecule has 7 nitrogen and oxygen atoms in total. The molecule has 1 aliphatic carbocycles. The summed E-state index contributed by atoms with van der Waals surface area (Å²) in [5.74, 6) is -2.12.